The second kappa shape index (κ2) is 10.0. The van der Waals surface area contributed by atoms with Gasteiger partial charge in [0.15, 0.2) is 5.78 Å². The molecule has 32 heavy (non-hydrogen) atoms. The first kappa shape index (κ1) is 22.9. The molecule has 0 aliphatic rings. The maximum Gasteiger partial charge on any atom is 0.270 e. The van der Waals surface area contributed by atoms with Crippen LogP contribution in [0.25, 0.3) is 0 Å². The number of rotatable bonds is 8. The SMILES string of the molecule is Cc1ccnc(NC(=O)CN(C)CC(=O)c2cc(C)n(NC(=O)c3ccccc3)c2C)c1. The number of anilines is 1. The van der Waals surface area contributed by atoms with Crippen molar-refractivity contribution in [3.05, 3.63) is 82.8 Å². The van der Waals surface area contributed by atoms with Crippen LogP contribution in [0.2, 0.25) is 0 Å². The van der Waals surface area contributed by atoms with Crippen LogP contribution in [-0.2, 0) is 4.79 Å². The van der Waals surface area contributed by atoms with Gasteiger partial charge < -0.3 is 5.32 Å². The van der Waals surface area contributed by atoms with Gasteiger partial charge in [0.1, 0.15) is 5.82 Å². The normalized spacial score (nSPS) is 10.8. The highest BCUT2D eigenvalue weighted by Crippen LogP contribution is 2.15. The third-order valence-electron chi connectivity index (χ3n) is 4.99. The summed E-state index contributed by atoms with van der Waals surface area (Å²) in [5, 5.41) is 2.73. The first-order valence-electron chi connectivity index (χ1n) is 10.2. The Morgan fingerprint density at radius 2 is 1.72 bits per heavy atom. The van der Waals surface area contributed by atoms with Crippen LogP contribution in [-0.4, -0.2) is 52.3 Å². The number of benzene rings is 1. The smallest absolute Gasteiger partial charge is 0.270 e. The lowest BCUT2D eigenvalue weighted by Crippen LogP contribution is -2.34. The number of pyridine rings is 1. The maximum absolute atomic E-state index is 12.9. The minimum atomic E-state index is -0.259. The fourth-order valence-corrected chi connectivity index (χ4v) is 3.39. The van der Waals surface area contributed by atoms with Crippen molar-refractivity contribution in [2.45, 2.75) is 20.8 Å². The van der Waals surface area contributed by atoms with Crippen LogP contribution in [0.4, 0.5) is 5.82 Å². The summed E-state index contributed by atoms with van der Waals surface area (Å²) in [7, 11) is 1.71. The lowest BCUT2D eigenvalue weighted by Gasteiger charge is -2.16. The van der Waals surface area contributed by atoms with Gasteiger partial charge in [-0.1, -0.05) is 18.2 Å². The zero-order chi connectivity index (χ0) is 23.3. The van der Waals surface area contributed by atoms with E-state index in [0.717, 1.165) is 11.3 Å². The molecule has 0 saturated heterocycles. The van der Waals surface area contributed by atoms with Gasteiger partial charge in [-0.2, -0.15) is 0 Å². The van der Waals surface area contributed by atoms with E-state index in [0.29, 0.717) is 22.6 Å². The summed E-state index contributed by atoms with van der Waals surface area (Å²) in [4.78, 5) is 43.4. The number of Topliss-reactive ketones (excluding diaryl/α,β-unsaturated/α-hetero) is 1. The lowest BCUT2D eigenvalue weighted by atomic mass is 10.1. The Balaban J connectivity index is 1.61. The summed E-state index contributed by atoms with van der Waals surface area (Å²) in [5.41, 5.74) is 6.23. The van der Waals surface area contributed by atoms with E-state index in [-0.39, 0.29) is 30.7 Å². The molecule has 3 rings (SSSR count). The Bertz CT molecular complexity index is 1140. The summed E-state index contributed by atoms with van der Waals surface area (Å²) >= 11 is 0. The number of amides is 2. The topological polar surface area (TPSA) is 96.3 Å². The molecule has 8 nitrogen and oxygen atoms in total. The quantitative estimate of drug-likeness (QED) is 0.533. The molecule has 166 valence electrons. The van der Waals surface area contributed by atoms with Gasteiger partial charge >= 0.3 is 0 Å². The van der Waals surface area contributed by atoms with Gasteiger partial charge in [-0.25, -0.2) is 4.98 Å². The number of aryl methyl sites for hydroxylation is 2. The van der Waals surface area contributed by atoms with Crippen molar-refractivity contribution in [1.29, 1.82) is 0 Å². The van der Waals surface area contributed by atoms with Gasteiger partial charge in [0.25, 0.3) is 5.91 Å². The van der Waals surface area contributed by atoms with Gasteiger partial charge in [-0.3, -0.25) is 29.4 Å². The van der Waals surface area contributed by atoms with Gasteiger partial charge in [0.05, 0.1) is 13.1 Å². The molecule has 0 bridgehead atoms. The molecule has 1 aromatic carbocycles. The zero-order valence-electron chi connectivity index (χ0n) is 18.7. The van der Waals surface area contributed by atoms with Crippen LogP contribution in [0.1, 0.15) is 37.7 Å². The Kier molecular flexibility index (Phi) is 7.17. The van der Waals surface area contributed by atoms with Gasteiger partial charge in [-0.05, 0) is 63.7 Å². The molecule has 2 aromatic heterocycles. The number of nitrogens with one attached hydrogen (secondary N) is 2. The molecular weight excluding hydrogens is 406 g/mol. The third kappa shape index (κ3) is 5.67. The first-order chi connectivity index (χ1) is 15.2. The number of carbonyl (C=O) groups excluding carboxylic acids is 3. The van der Waals surface area contributed by atoms with E-state index in [1.165, 1.54) is 0 Å². The molecule has 0 unspecified atom stereocenters. The maximum atomic E-state index is 12.9. The van der Waals surface area contributed by atoms with E-state index in [9.17, 15) is 14.4 Å². The molecule has 2 amide bonds. The predicted octanol–water partition coefficient (Wildman–Crippen LogP) is 2.95. The van der Waals surface area contributed by atoms with Crippen LogP contribution < -0.4 is 10.7 Å². The number of likely N-dealkylation sites (N-methyl/N-ethyl adjacent to an activating group) is 1. The molecule has 0 saturated carbocycles. The second-order valence-corrected chi connectivity index (χ2v) is 7.79. The molecule has 8 heteroatoms. The highest BCUT2D eigenvalue weighted by atomic mass is 16.2. The highest BCUT2D eigenvalue weighted by molar-refractivity contribution is 6.02. The summed E-state index contributed by atoms with van der Waals surface area (Å²) < 4.78 is 1.61. The summed E-state index contributed by atoms with van der Waals surface area (Å²) in [5.74, 6) is -0.168. The van der Waals surface area contributed by atoms with Crippen LogP contribution in [0.3, 0.4) is 0 Å². The molecule has 0 atom stereocenters. The Hall–Kier alpha value is -3.78. The molecule has 0 aliphatic heterocycles. The number of nitrogens with zero attached hydrogens (tertiary/aromatic N) is 3. The van der Waals surface area contributed by atoms with Gasteiger partial charge in [-0.15, -0.1) is 0 Å². The second-order valence-electron chi connectivity index (χ2n) is 7.79. The van der Waals surface area contributed by atoms with Crippen LogP contribution in [0.5, 0.6) is 0 Å². The van der Waals surface area contributed by atoms with Crippen LogP contribution >= 0.6 is 0 Å². The minimum Gasteiger partial charge on any atom is -0.310 e. The van der Waals surface area contributed by atoms with Crippen molar-refractivity contribution in [2.75, 3.05) is 30.9 Å². The lowest BCUT2D eigenvalue weighted by molar-refractivity contribution is -0.116. The summed E-state index contributed by atoms with van der Waals surface area (Å²) in [6.07, 6.45) is 1.63. The van der Waals surface area contributed by atoms with E-state index in [1.807, 2.05) is 26.0 Å². The van der Waals surface area contributed by atoms with Crippen molar-refractivity contribution in [3.63, 3.8) is 0 Å². The van der Waals surface area contributed by atoms with E-state index in [4.69, 9.17) is 0 Å². The Morgan fingerprint density at radius 1 is 1.00 bits per heavy atom. The fourth-order valence-electron chi connectivity index (χ4n) is 3.39. The van der Waals surface area contributed by atoms with Gasteiger partial charge in [0, 0.05) is 28.7 Å². The molecular formula is C24H27N5O3. The molecule has 2 N–H and O–H groups in total. The van der Waals surface area contributed by atoms with Crippen molar-refractivity contribution >= 4 is 23.4 Å². The Labute approximate surface area is 187 Å². The van der Waals surface area contributed by atoms with E-state index in [1.54, 1.807) is 66.1 Å². The zero-order valence-corrected chi connectivity index (χ0v) is 18.7. The monoisotopic (exact) mass is 433 g/mol. The largest absolute Gasteiger partial charge is 0.310 e. The van der Waals surface area contributed by atoms with E-state index in [2.05, 4.69) is 15.7 Å². The predicted molar refractivity (Wildman–Crippen MR) is 123 cm³/mol. The number of hydrogen-bond donors (Lipinski definition) is 2. The average Bonchev–Trinajstić information content (AvgIpc) is 3.02. The van der Waals surface area contributed by atoms with Crippen LogP contribution in [0, 0.1) is 20.8 Å². The summed E-state index contributed by atoms with van der Waals surface area (Å²) in [6.45, 7) is 5.62. The number of hydrogen-bond acceptors (Lipinski definition) is 5. The van der Waals surface area contributed by atoms with E-state index < -0.39 is 0 Å². The fraction of sp³-hybridized carbons (Fsp3) is 0.250. The number of aromatic nitrogens is 2. The van der Waals surface area contributed by atoms with Crippen molar-refractivity contribution in [2.24, 2.45) is 0 Å². The standard InChI is InChI=1S/C24H27N5O3/c1-16-10-11-25-22(12-16)26-23(31)15-28(4)14-21(30)20-13-17(2)29(18(20)3)27-24(32)19-8-6-5-7-9-19/h5-13H,14-15H2,1-4H3,(H,27,32)(H,25,26,31). The van der Waals surface area contributed by atoms with Gasteiger partial charge in [0.2, 0.25) is 5.91 Å². The number of carbonyl (C=O) groups is 3. The highest BCUT2D eigenvalue weighted by Gasteiger charge is 2.19. The van der Waals surface area contributed by atoms with Crippen molar-refractivity contribution in [3.8, 4) is 0 Å². The van der Waals surface area contributed by atoms with Crippen LogP contribution in [0.15, 0.2) is 54.7 Å². The third-order valence-corrected chi connectivity index (χ3v) is 4.99. The minimum absolute atomic E-state index is 0.0465. The molecule has 3 aromatic rings. The van der Waals surface area contributed by atoms with Crippen molar-refractivity contribution < 1.29 is 14.4 Å². The Morgan fingerprint density at radius 3 is 2.41 bits per heavy atom. The molecule has 0 aliphatic carbocycles. The average molecular weight is 434 g/mol. The molecule has 0 radical (unpaired) electrons. The summed E-state index contributed by atoms with van der Waals surface area (Å²) in [6, 6.07) is 14.2. The molecule has 0 fully saturated rings. The first-order valence-corrected chi connectivity index (χ1v) is 10.2. The number of ketones is 1. The molecule has 2 heterocycles. The van der Waals surface area contributed by atoms with Crippen molar-refractivity contribution in [1.82, 2.24) is 14.6 Å². The van der Waals surface area contributed by atoms with E-state index >= 15 is 0 Å². The molecule has 0 spiro atoms.